The van der Waals surface area contributed by atoms with E-state index in [4.69, 9.17) is 4.74 Å². The number of hydrogen-bond acceptors (Lipinski definition) is 4. The van der Waals surface area contributed by atoms with E-state index in [1.807, 2.05) is 11.8 Å². The molecule has 1 aliphatic carbocycles. The SMILES string of the molecule is Cc1nccc(O[C@@H]2CCCN(C(=O)CC3CC3)C2)n1. The summed E-state index contributed by atoms with van der Waals surface area (Å²) < 4.78 is 5.89. The summed E-state index contributed by atoms with van der Waals surface area (Å²) in [6.07, 6.45) is 6.91. The molecule has 0 spiro atoms. The molecule has 0 bridgehead atoms. The largest absolute Gasteiger partial charge is 0.472 e. The van der Waals surface area contributed by atoms with Gasteiger partial charge in [0.25, 0.3) is 0 Å². The zero-order valence-corrected chi connectivity index (χ0v) is 11.9. The smallest absolute Gasteiger partial charge is 0.222 e. The Balaban J connectivity index is 1.55. The van der Waals surface area contributed by atoms with Gasteiger partial charge in [-0.15, -0.1) is 0 Å². The first-order chi connectivity index (χ1) is 9.70. The summed E-state index contributed by atoms with van der Waals surface area (Å²) in [4.78, 5) is 22.4. The van der Waals surface area contributed by atoms with Crippen molar-refractivity contribution in [2.75, 3.05) is 13.1 Å². The number of carbonyl (C=O) groups excluding carboxylic acids is 1. The lowest BCUT2D eigenvalue weighted by atomic mass is 10.1. The summed E-state index contributed by atoms with van der Waals surface area (Å²) >= 11 is 0. The second-order valence-electron chi connectivity index (χ2n) is 5.81. The lowest BCUT2D eigenvalue weighted by molar-refractivity contribution is -0.134. The molecule has 0 unspecified atom stereocenters. The van der Waals surface area contributed by atoms with Crippen LogP contribution in [0.15, 0.2) is 12.3 Å². The van der Waals surface area contributed by atoms with E-state index in [0.717, 1.165) is 25.8 Å². The van der Waals surface area contributed by atoms with Crippen molar-refractivity contribution in [1.29, 1.82) is 0 Å². The quantitative estimate of drug-likeness (QED) is 0.843. The van der Waals surface area contributed by atoms with E-state index in [-0.39, 0.29) is 6.10 Å². The normalized spacial score (nSPS) is 22.6. The molecule has 108 valence electrons. The van der Waals surface area contributed by atoms with Crippen LogP contribution in [0.3, 0.4) is 0 Å². The molecule has 1 aromatic rings. The first-order valence-corrected chi connectivity index (χ1v) is 7.45. The molecule has 1 saturated carbocycles. The van der Waals surface area contributed by atoms with Gasteiger partial charge in [-0.05, 0) is 38.5 Å². The van der Waals surface area contributed by atoms with Gasteiger partial charge < -0.3 is 9.64 Å². The molecule has 5 heteroatoms. The van der Waals surface area contributed by atoms with Crippen LogP contribution in [0.1, 0.15) is 37.9 Å². The van der Waals surface area contributed by atoms with Crippen LogP contribution in [0, 0.1) is 12.8 Å². The van der Waals surface area contributed by atoms with Crippen LogP contribution in [0.2, 0.25) is 0 Å². The van der Waals surface area contributed by atoms with Crippen LogP contribution in [-0.4, -0.2) is 40.0 Å². The highest BCUT2D eigenvalue weighted by molar-refractivity contribution is 5.76. The Hall–Kier alpha value is -1.65. The predicted octanol–water partition coefficient (Wildman–Crippen LogP) is 1.95. The highest BCUT2D eigenvalue weighted by Crippen LogP contribution is 2.33. The van der Waals surface area contributed by atoms with Gasteiger partial charge in [0.05, 0.1) is 6.54 Å². The lowest BCUT2D eigenvalue weighted by Gasteiger charge is -2.32. The van der Waals surface area contributed by atoms with Crippen molar-refractivity contribution >= 4 is 5.91 Å². The summed E-state index contributed by atoms with van der Waals surface area (Å²) in [5.41, 5.74) is 0. The van der Waals surface area contributed by atoms with E-state index in [0.29, 0.717) is 30.1 Å². The number of rotatable bonds is 4. The van der Waals surface area contributed by atoms with Crippen molar-refractivity contribution in [3.8, 4) is 5.88 Å². The van der Waals surface area contributed by atoms with E-state index in [1.165, 1.54) is 12.8 Å². The number of nitrogens with zero attached hydrogens (tertiary/aromatic N) is 3. The second-order valence-corrected chi connectivity index (χ2v) is 5.81. The van der Waals surface area contributed by atoms with Crippen molar-refractivity contribution in [2.45, 2.75) is 45.1 Å². The van der Waals surface area contributed by atoms with Gasteiger partial charge in [-0.1, -0.05) is 0 Å². The molecule has 1 aliphatic heterocycles. The lowest BCUT2D eigenvalue weighted by Crippen LogP contribution is -2.44. The molecule has 2 fully saturated rings. The molecule has 1 atom stereocenters. The molecule has 0 aromatic carbocycles. The molecule has 1 amide bonds. The van der Waals surface area contributed by atoms with Crippen LogP contribution in [-0.2, 0) is 4.79 Å². The van der Waals surface area contributed by atoms with Gasteiger partial charge in [-0.3, -0.25) is 4.79 Å². The fourth-order valence-corrected chi connectivity index (χ4v) is 2.63. The molecule has 3 rings (SSSR count). The first-order valence-electron chi connectivity index (χ1n) is 7.45. The van der Waals surface area contributed by atoms with Gasteiger partial charge in [0.15, 0.2) is 0 Å². The van der Waals surface area contributed by atoms with Crippen molar-refractivity contribution < 1.29 is 9.53 Å². The van der Waals surface area contributed by atoms with E-state index in [2.05, 4.69) is 9.97 Å². The first kappa shape index (κ1) is 13.3. The number of aryl methyl sites for hydroxylation is 1. The number of carbonyl (C=O) groups is 1. The average molecular weight is 275 g/mol. The zero-order chi connectivity index (χ0) is 13.9. The third-order valence-electron chi connectivity index (χ3n) is 3.93. The van der Waals surface area contributed by atoms with Crippen LogP contribution < -0.4 is 4.74 Å². The van der Waals surface area contributed by atoms with Crippen molar-refractivity contribution in [2.24, 2.45) is 5.92 Å². The fraction of sp³-hybridized carbons (Fsp3) is 0.667. The molecule has 1 saturated heterocycles. The van der Waals surface area contributed by atoms with Crippen LogP contribution >= 0.6 is 0 Å². The molecular weight excluding hydrogens is 254 g/mol. The van der Waals surface area contributed by atoms with Gasteiger partial charge in [0.1, 0.15) is 11.9 Å². The van der Waals surface area contributed by atoms with Gasteiger partial charge in [-0.25, -0.2) is 4.98 Å². The predicted molar refractivity (Wildman–Crippen MR) is 74.3 cm³/mol. The number of amides is 1. The Labute approximate surface area is 119 Å². The van der Waals surface area contributed by atoms with Gasteiger partial charge in [0.2, 0.25) is 11.8 Å². The molecule has 20 heavy (non-hydrogen) atoms. The highest BCUT2D eigenvalue weighted by atomic mass is 16.5. The summed E-state index contributed by atoms with van der Waals surface area (Å²) in [6.45, 7) is 3.40. The maximum absolute atomic E-state index is 12.1. The maximum atomic E-state index is 12.1. The third-order valence-corrected chi connectivity index (χ3v) is 3.93. The summed E-state index contributed by atoms with van der Waals surface area (Å²) in [5, 5.41) is 0. The van der Waals surface area contributed by atoms with Crippen molar-refractivity contribution in [1.82, 2.24) is 14.9 Å². The standard InChI is InChI=1S/C15H21N3O2/c1-11-16-7-6-14(17-11)20-13-3-2-8-18(10-13)15(19)9-12-4-5-12/h6-7,12-13H,2-5,8-10H2,1H3/t13-/m1/s1. The molecule has 5 nitrogen and oxygen atoms in total. The van der Waals surface area contributed by atoms with E-state index < -0.39 is 0 Å². The molecule has 1 aromatic heterocycles. The average Bonchev–Trinajstić information content (AvgIpc) is 3.23. The Morgan fingerprint density at radius 1 is 1.45 bits per heavy atom. The molecular formula is C15H21N3O2. The van der Waals surface area contributed by atoms with Crippen molar-refractivity contribution in [3.63, 3.8) is 0 Å². The van der Waals surface area contributed by atoms with E-state index in [9.17, 15) is 4.79 Å². The number of likely N-dealkylation sites (tertiary alicyclic amines) is 1. The number of piperidine rings is 1. The van der Waals surface area contributed by atoms with Gasteiger partial charge >= 0.3 is 0 Å². The number of hydrogen-bond donors (Lipinski definition) is 0. The van der Waals surface area contributed by atoms with Gasteiger partial charge in [-0.2, -0.15) is 4.98 Å². The molecule has 0 N–H and O–H groups in total. The Bertz CT molecular complexity index is 488. The van der Waals surface area contributed by atoms with Crippen LogP contribution in [0.25, 0.3) is 0 Å². The minimum Gasteiger partial charge on any atom is -0.472 e. The minimum absolute atomic E-state index is 0.0567. The second kappa shape index (κ2) is 5.77. The molecule has 0 radical (unpaired) electrons. The monoisotopic (exact) mass is 275 g/mol. The highest BCUT2D eigenvalue weighted by Gasteiger charge is 2.30. The zero-order valence-electron chi connectivity index (χ0n) is 11.9. The Morgan fingerprint density at radius 3 is 3.05 bits per heavy atom. The summed E-state index contributed by atoms with van der Waals surface area (Å²) in [7, 11) is 0. The summed E-state index contributed by atoms with van der Waals surface area (Å²) in [6, 6.07) is 1.78. The molecule has 2 aliphatic rings. The van der Waals surface area contributed by atoms with Crippen LogP contribution in [0.5, 0.6) is 5.88 Å². The van der Waals surface area contributed by atoms with E-state index in [1.54, 1.807) is 12.3 Å². The number of aromatic nitrogens is 2. The Morgan fingerprint density at radius 2 is 2.30 bits per heavy atom. The maximum Gasteiger partial charge on any atom is 0.222 e. The summed E-state index contributed by atoms with van der Waals surface area (Å²) in [5.74, 6) is 2.26. The Kier molecular flexibility index (Phi) is 3.85. The van der Waals surface area contributed by atoms with Crippen molar-refractivity contribution in [3.05, 3.63) is 18.1 Å². The minimum atomic E-state index is 0.0567. The molecule has 2 heterocycles. The fourth-order valence-electron chi connectivity index (χ4n) is 2.63. The van der Waals surface area contributed by atoms with Gasteiger partial charge in [0, 0.05) is 25.2 Å². The topological polar surface area (TPSA) is 55.3 Å². The number of ether oxygens (including phenoxy) is 1. The third kappa shape index (κ3) is 3.46. The van der Waals surface area contributed by atoms with Crippen LogP contribution in [0.4, 0.5) is 0 Å². The van der Waals surface area contributed by atoms with E-state index >= 15 is 0 Å².